The molecule has 0 bridgehead atoms. The summed E-state index contributed by atoms with van der Waals surface area (Å²) in [5.74, 6) is 0.208. The summed E-state index contributed by atoms with van der Waals surface area (Å²) in [6.07, 6.45) is 3.83. The summed E-state index contributed by atoms with van der Waals surface area (Å²) in [5.41, 5.74) is 3.25. The van der Waals surface area contributed by atoms with Crippen molar-refractivity contribution in [1.82, 2.24) is 10.1 Å². The molecule has 28 heavy (non-hydrogen) atoms. The Balaban J connectivity index is 1.48. The van der Waals surface area contributed by atoms with E-state index in [2.05, 4.69) is 5.16 Å². The molecule has 3 aromatic rings. The molecule has 142 valence electrons. The summed E-state index contributed by atoms with van der Waals surface area (Å²) in [5, 5.41) is 5.02. The Morgan fingerprint density at radius 3 is 2.68 bits per heavy atom. The third-order valence-electron chi connectivity index (χ3n) is 4.62. The zero-order valence-electron chi connectivity index (χ0n) is 14.7. The van der Waals surface area contributed by atoms with Gasteiger partial charge < -0.3 is 9.42 Å². The van der Waals surface area contributed by atoms with Gasteiger partial charge in [0.2, 0.25) is 5.91 Å². The number of fused-ring (bicyclic) bond motifs is 1. The smallest absolute Gasteiger partial charge is 0.246 e. The molecule has 0 aliphatic carbocycles. The van der Waals surface area contributed by atoms with Gasteiger partial charge in [0.1, 0.15) is 11.5 Å². The van der Waals surface area contributed by atoms with E-state index in [4.69, 9.17) is 27.7 Å². The van der Waals surface area contributed by atoms with Crippen molar-refractivity contribution in [3.63, 3.8) is 0 Å². The van der Waals surface area contributed by atoms with E-state index < -0.39 is 0 Å². The van der Waals surface area contributed by atoms with E-state index in [0.29, 0.717) is 35.3 Å². The molecule has 2 aromatic carbocycles. The standard InChI is InChI=1S/C21H15Cl2FN2O2/c22-17-7-1-13(11-18(17)23)2-8-20(27)26-10-9-16-19(12-26)25-28-21(16)14-3-5-15(24)6-4-14/h1-8,11H,9-10,12H2/b8-2+. The number of rotatable bonds is 3. The van der Waals surface area contributed by atoms with Gasteiger partial charge in [0, 0.05) is 23.7 Å². The van der Waals surface area contributed by atoms with Crippen LogP contribution in [-0.2, 0) is 17.8 Å². The number of carbonyl (C=O) groups excluding carboxylic acids is 1. The molecule has 0 unspecified atom stereocenters. The van der Waals surface area contributed by atoms with Gasteiger partial charge in [0.25, 0.3) is 0 Å². The summed E-state index contributed by atoms with van der Waals surface area (Å²) < 4.78 is 18.6. The molecule has 4 rings (SSSR count). The van der Waals surface area contributed by atoms with E-state index in [1.165, 1.54) is 18.2 Å². The van der Waals surface area contributed by atoms with Crippen molar-refractivity contribution < 1.29 is 13.7 Å². The number of benzene rings is 2. The van der Waals surface area contributed by atoms with E-state index in [1.54, 1.807) is 41.3 Å². The first-order valence-corrected chi connectivity index (χ1v) is 9.42. The highest BCUT2D eigenvalue weighted by Gasteiger charge is 2.26. The van der Waals surface area contributed by atoms with Crippen LogP contribution in [0.25, 0.3) is 17.4 Å². The number of hydrogen-bond acceptors (Lipinski definition) is 3. The minimum absolute atomic E-state index is 0.122. The van der Waals surface area contributed by atoms with E-state index in [1.807, 2.05) is 0 Å². The van der Waals surface area contributed by atoms with Gasteiger partial charge >= 0.3 is 0 Å². The van der Waals surface area contributed by atoms with Gasteiger partial charge in [-0.05, 0) is 54.5 Å². The van der Waals surface area contributed by atoms with Crippen LogP contribution in [0.2, 0.25) is 10.0 Å². The van der Waals surface area contributed by atoms with Crippen LogP contribution in [0.15, 0.2) is 53.1 Å². The largest absolute Gasteiger partial charge is 0.356 e. The lowest BCUT2D eigenvalue weighted by Crippen LogP contribution is -2.34. The van der Waals surface area contributed by atoms with E-state index in [0.717, 1.165) is 22.4 Å². The summed E-state index contributed by atoms with van der Waals surface area (Å²) in [6.45, 7) is 0.914. The number of carbonyl (C=O) groups is 1. The molecule has 0 fully saturated rings. The number of hydrogen-bond donors (Lipinski definition) is 0. The Bertz CT molecular complexity index is 1060. The highest BCUT2D eigenvalue weighted by Crippen LogP contribution is 2.30. The fourth-order valence-corrected chi connectivity index (χ4v) is 3.44. The lowest BCUT2D eigenvalue weighted by molar-refractivity contribution is -0.126. The first-order chi connectivity index (χ1) is 13.5. The fraction of sp³-hybridized carbons (Fsp3) is 0.143. The van der Waals surface area contributed by atoms with E-state index in [-0.39, 0.29) is 11.7 Å². The molecule has 0 saturated heterocycles. The van der Waals surface area contributed by atoms with E-state index in [9.17, 15) is 9.18 Å². The van der Waals surface area contributed by atoms with Gasteiger partial charge in [-0.3, -0.25) is 4.79 Å². The number of halogens is 3. The van der Waals surface area contributed by atoms with Crippen LogP contribution in [0, 0.1) is 5.82 Å². The van der Waals surface area contributed by atoms with Crippen molar-refractivity contribution in [3.05, 3.63) is 81.2 Å². The van der Waals surface area contributed by atoms with Crippen LogP contribution in [0.3, 0.4) is 0 Å². The first kappa shape index (κ1) is 18.7. The van der Waals surface area contributed by atoms with Gasteiger partial charge in [0.15, 0.2) is 5.76 Å². The lowest BCUT2D eigenvalue weighted by atomic mass is 10.0. The normalized spacial score (nSPS) is 13.8. The van der Waals surface area contributed by atoms with Crippen molar-refractivity contribution in [1.29, 1.82) is 0 Å². The molecule has 0 saturated carbocycles. The monoisotopic (exact) mass is 416 g/mol. The third-order valence-corrected chi connectivity index (χ3v) is 5.36. The van der Waals surface area contributed by atoms with Gasteiger partial charge in [-0.1, -0.05) is 34.4 Å². The van der Waals surface area contributed by atoms with Crippen molar-refractivity contribution in [2.24, 2.45) is 0 Å². The average molecular weight is 417 g/mol. The van der Waals surface area contributed by atoms with Crippen LogP contribution in [0.5, 0.6) is 0 Å². The third kappa shape index (κ3) is 3.81. The molecular weight excluding hydrogens is 402 g/mol. The second-order valence-electron chi connectivity index (χ2n) is 6.46. The quantitative estimate of drug-likeness (QED) is 0.538. The van der Waals surface area contributed by atoms with Gasteiger partial charge in [-0.25, -0.2) is 4.39 Å². The predicted molar refractivity (Wildman–Crippen MR) is 107 cm³/mol. The topological polar surface area (TPSA) is 46.3 Å². The summed E-state index contributed by atoms with van der Waals surface area (Å²) in [6, 6.07) is 11.3. The van der Waals surface area contributed by atoms with E-state index >= 15 is 0 Å². The maximum absolute atomic E-state index is 13.1. The molecule has 1 aliphatic rings. The van der Waals surface area contributed by atoms with Crippen LogP contribution < -0.4 is 0 Å². The molecule has 0 atom stereocenters. The lowest BCUT2D eigenvalue weighted by Gasteiger charge is -2.24. The zero-order valence-corrected chi connectivity index (χ0v) is 16.2. The maximum Gasteiger partial charge on any atom is 0.246 e. The van der Waals surface area contributed by atoms with Gasteiger partial charge in [-0.15, -0.1) is 0 Å². The molecule has 1 aliphatic heterocycles. The fourth-order valence-electron chi connectivity index (χ4n) is 3.14. The highest BCUT2D eigenvalue weighted by molar-refractivity contribution is 6.42. The Labute approximate surface area is 171 Å². The zero-order chi connectivity index (χ0) is 19.7. The maximum atomic E-state index is 13.1. The SMILES string of the molecule is O=C(/C=C/c1ccc(Cl)c(Cl)c1)N1CCc2c(noc2-c2ccc(F)cc2)C1. The van der Waals surface area contributed by atoms with Gasteiger partial charge in [0.05, 0.1) is 16.6 Å². The Hall–Kier alpha value is -2.63. The minimum Gasteiger partial charge on any atom is -0.356 e. The second-order valence-corrected chi connectivity index (χ2v) is 7.27. The molecule has 0 N–H and O–H groups in total. The van der Waals surface area contributed by atoms with Crippen LogP contribution in [0.1, 0.15) is 16.8 Å². The predicted octanol–water partition coefficient (Wildman–Crippen LogP) is 5.39. The molecular formula is C21H15Cl2FN2O2. The summed E-state index contributed by atoms with van der Waals surface area (Å²) >= 11 is 11.9. The van der Waals surface area contributed by atoms with Crippen LogP contribution in [0.4, 0.5) is 4.39 Å². The van der Waals surface area contributed by atoms with Crippen LogP contribution >= 0.6 is 23.2 Å². The van der Waals surface area contributed by atoms with Crippen molar-refractivity contribution in [3.8, 4) is 11.3 Å². The number of amides is 1. The Morgan fingerprint density at radius 2 is 1.93 bits per heavy atom. The molecule has 4 nitrogen and oxygen atoms in total. The van der Waals surface area contributed by atoms with Crippen molar-refractivity contribution in [2.75, 3.05) is 6.54 Å². The number of aromatic nitrogens is 1. The van der Waals surface area contributed by atoms with Gasteiger partial charge in [-0.2, -0.15) is 0 Å². The molecule has 0 spiro atoms. The number of nitrogens with zero attached hydrogens (tertiary/aromatic N) is 2. The highest BCUT2D eigenvalue weighted by atomic mass is 35.5. The molecule has 0 radical (unpaired) electrons. The second kappa shape index (κ2) is 7.78. The molecule has 7 heteroatoms. The summed E-state index contributed by atoms with van der Waals surface area (Å²) in [7, 11) is 0. The molecule has 1 amide bonds. The van der Waals surface area contributed by atoms with Crippen molar-refractivity contribution in [2.45, 2.75) is 13.0 Å². The molecule has 1 aromatic heterocycles. The average Bonchev–Trinajstić information content (AvgIpc) is 3.12. The van der Waals surface area contributed by atoms with Crippen molar-refractivity contribution >= 4 is 35.2 Å². The molecule has 2 heterocycles. The first-order valence-electron chi connectivity index (χ1n) is 8.66. The Morgan fingerprint density at radius 1 is 1.14 bits per heavy atom. The van der Waals surface area contributed by atoms with Crippen LogP contribution in [-0.4, -0.2) is 22.5 Å². The Kier molecular flexibility index (Phi) is 5.20. The minimum atomic E-state index is -0.303. The summed E-state index contributed by atoms with van der Waals surface area (Å²) in [4.78, 5) is 14.2.